The molecular weight excluding hydrogens is 232 g/mol. The van der Waals surface area contributed by atoms with Gasteiger partial charge in [0.05, 0.1) is 6.54 Å². The molecule has 0 saturated heterocycles. The summed E-state index contributed by atoms with van der Waals surface area (Å²) in [6, 6.07) is 0. The molecule has 0 aromatic carbocycles. The van der Waals surface area contributed by atoms with Crippen molar-refractivity contribution < 1.29 is 9.84 Å². The smallest absolute Gasteiger partial charge is 0.145 e. The van der Waals surface area contributed by atoms with Crippen LogP contribution < -0.4 is 10.8 Å². The van der Waals surface area contributed by atoms with Crippen molar-refractivity contribution in [2.75, 3.05) is 24.6 Å². The zero-order valence-corrected chi connectivity index (χ0v) is 11.1. The van der Waals surface area contributed by atoms with Gasteiger partial charge in [-0.1, -0.05) is 42.4 Å². The molecule has 0 aromatic rings. The number of ether oxygens (including phenoxy) is 1. The van der Waals surface area contributed by atoms with E-state index in [4.69, 9.17) is 10.5 Å². The number of aliphatic imine (C=N–C) groups is 1. The van der Waals surface area contributed by atoms with Crippen LogP contribution in [0.2, 0.25) is 0 Å². The molecular formula is C9H19N2O2S2-. The van der Waals surface area contributed by atoms with E-state index in [1.165, 1.54) is 0 Å². The molecule has 0 amide bonds. The van der Waals surface area contributed by atoms with Crippen molar-refractivity contribution in [3.8, 4) is 0 Å². The van der Waals surface area contributed by atoms with Crippen LogP contribution in [0, 0.1) is 0 Å². The van der Waals surface area contributed by atoms with Gasteiger partial charge in [0.25, 0.3) is 0 Å². The van der Waals surface area contributed by atoms with Gasteiger partial charge in [-0.15, -0.1) is 0 Å². The van der Waals surface area contributed by atoms with E-state index in [0.717, 1.165) is 11.5 Å². The van der Waals surface area contributed by atoms with Crippen LogP contribution in [-0.2, 0) is 4.74 Å². The lowest BCUT2D eigenvalue weighted by Crippen LogP contribution is -2.32. The van der Waals surface area contributed by atoms with Crippen molar-refractivity contribution >= 4 is 27.7 Å². The topological polar surface area (TPSA) is 70.7 Å². The Bertz CT molecular complexity index is 193. The number of hydrogen-bond donors (Lipinski definition) is 1. The Morgan fingerprint density at radius 2 is 1.93 bits per heavy atom. The molecule has 0 atom stereocenters. The van der Waals surface area contributed by atoms with Gasteiger partial charge in [-0.25, -0.2) is 0 Å². The molecule has 4 nitrogen and oxygen atoms in total. The normalized spacial score (nSPS) is 12.9. The summed E-state index contributed by atoms with van der Waals surface area (Å²) in [4.78, 5) is 3.78. The standard InChI is InChI=1S/C9H20N2O2S2/c1-9(2,3)13-8(12)11-5-7-15-14-6-4-10/h4-7,10H2,1-3H3,(H,11,12)/p-1. The highest BCUT2D eigenvalue weighted by atomic mass is 33.1. The van der Waals surface area contributed by atoms with Crippen LogP contribution in [0.3, 0.4) is 0 Å². The maximum absolute atomic E-state index is 11.1. The monoisotopic (exact) mass is 251 g/mol. The average molecular weight is 251 g/mol. The molecule has 0 saturated carbocycles. The largest absolute Gasteiger partial charge is 0.595 e. The van der Waals surface area contributed by atoms with E-state index in [0.29, 0.717) is 13.1 Å². The second kappa shape index (κ2) is 8.13. The Kier molecular flexibility index (Phi) is 8.09. The minimum atomic E-state index is -0.480. The Hall–Kier alpha value is -0.0700. The molecule has 0 heterocycles. The molecule has 0 aliphatic carbocycles. The first-order valence-corrected chi connectivity index (χ1v) is 7.29. The number of rotatable bonds is 6. The van der Waals surface area contributed by atoms with Crippen molar-refractivity contribution in [2.24, 2.45) is 10.7 Å². The van der Waals surface area contributed by atoms with E-state index in [1.54, 1.807) is 21.6 Å². The van der Waals surface area contributed by atoms with Crippen LogP contribution in [0.25, 0.3) is 0 Å². The fourth-order valence-electron chi connectivity index (χ4n) is 0.634. The van der Waals surface area contributed by atoms with Crippen molar-refractivity contribution in [2.45, 2.75) is 26.4 Å². The molecule has 0 aliphatic heterocycles. The summed E-state index contributed by atoms with van der Waals surface area (Å²) in [5.41, 5.74) is 4.87. The fourth-order valence-corrected chi connectivity index (χ4v) is 2.35. The van der Waals surface area contributed by atoms with Crippen LogP contribution in [0.1, 0.15) is 20.8 Å². The summed E-state index contributed by atoms with van der Waals surface area (Å²) in [5.74, 6) is 1.74. The highest BCUT2D eigenvalue weighted by molar-refractivity contribution is 8.76. The summed E-state index contributed by atoms with van der Waals surface area (Å²) < 4.78 is 5.02. The summed E-state index contributed by atoms with van der Waals surface area (Å²) in [6.07, 6.45) is -0.480. The van der Waals surface area contributed by atoms with Crippen LogP contribution >= 0.6 is 21.6 Å². The van der Waals surface area contributed by atoms with Gasteiger partial charge in [0.1, 0.15) is 6.08 Å². The van der Waals surface area contributed by atoms with Crippen molar-refractivity contribution in [1.29, 1.82) is 0 Å². The predicted molar refractivity (Wildman–Crippen MR) is 67.1 cm³/mol. The summed E-state index contributed by atoms with van der Waals surface area (Å²) in [5, 5.41) is 11.1. The minimum absolute atomic E-state index is 0.456. The molecule has 0 unspecified atom stereocenters. The van der Waals surface area contributed by atoms with E-state index < -0.39 is 11.7 Å². The third kappa shape index (κ3) is 11.9. The zero-order chi connectivity index (χ0) is 11.7. The van der Waals surface area contributed by atoms with Crippen molar-refractivity contribution in [1.82, 2.24) is 0 Å². The number of nitrogens with zero attached hydrogens (tertiary/aromatic N) is 1. The third-order valence-electron chi connectivity index (χ3n) is 1.09. The van der Waals surface area contributed by atoms with Crippen LogP contribution in [0.5, 0.6) is 0 Å². The lowest BCUT2D eigenvalue weighted by molar-refractivity contribution is -0.260. The molecule has 0 aromatic heterocycles. The van der Waals surface area contributed by atoms with Gasteiger partial charge < -0.3 is 15.6 Å². The Balaban J connectivity index is 3.50. The number of hydrogen-bond acceptors (Lipinski definition) is 6. The Morgan fingerprint density at radius 1 is 1.33 bits per heavy atom. The maximum atomic E-state index is 11.1. The lowest BCUT2D eigenvalue weighted by Gasteiger charge is -2.29. The Morgan fingerprint density at radius 3 is 2.47 bits per heavy atom. The molecule has 2 N–H and O–H groups in total. The summed E-state index contributed by atoms with van der Waals surface area (Å²) >= 11 is 0. The van der Waals surface area contributed by atoms with Gasteiger partial charge in [0.15, 0.2) is 0 Å². The quantitative estimate of drug-likeness (QED) is 0.328. The first-order valence-electron chi connectivity index (χ1n) is 4.80. The first-order chi connectivity index (χ1) is 6.95. The van der Waals surface area contributed by atoms with E-state index in [9.17, 15) is 5.11 Å². The Labute approximate surface area is 99.4 Å². The predicted octanol–water partition coefficient (Wildman–Crippen LogP) is 0.858. The molecule has 0 spiro atoms. The molecule has 0 rings (SSSR count). The van der Waals surface area contributed by atoms with E-state index in [2.05, 4.69) is 4.99 Å². The van der Waals surface area contributed by atoms with Crippen molar-refractivity contribution in [3.63, 3.8) is 0 Å². The fraction of sp³-hybridized carbons (Fsp3) is 0.889. The van der Waals surface area contributed by atoms with Gasteiger partial charge in [-0.2, -0.15) is 0 Å². The highest BCUT2D eigenvalue weighted by Crippen LogP contribution is 2.19. The molecule has 0 radical (unpaired) electrons. The molecule has 90 valence electrons. The van der Waals surface area contributed by atoms with Crippen LogP contribution in [0.15, 0.2) is 4.99 Å². The first kappa shape index (κ1) is 14.9. The van der Waals surface area contributed by atoms with Gasteiger partial charge in [-0.05, 0) is 0 Å². The molecule has 0 bridgehead atoms. The second-order valence-corrected chi connectivity index (χ2v) is 6.50. The molecule has 15 heavy (non-hydrogen) atoms. The molecule has 6 heteroatoms. The van der Waals surface area contributed by atoms with Crippen LogP contribution in [0.4, 0.5) is 0 Å². The summed E-state index contributed by atoms with van der Waals surface area (Å²) in [7, 11) is 3.37. The average Bonchev–Trinajstić information content (AvgIpc) is 2.08. The SMILES string of the molecule is CC(C)(C)OC([O-])=NCCSSCCN. The summed E-state index contributed by atoms with van der Waals surface area (Å²) in [6.45, 7) is 6.66. The zero-order valence-electron chi connectivity index (χ0n) is 9.49. The maximum Gasteiger partial charge on any atom is 0.145 e. The third-order valence-corrected chi connectivity index (χ3v) is 3.51. The van der Waals surface area contributed by atoms with Gasteiger partial charge in [0.2, 0.25) is 0 Å². The lowest BCUT2D eigenvalue weighted by atomic mass is 10.2. The van der Waals surface area contributed by atoms with Gasteiger partial charge in [-0.3, -0.25) is 4.99 Å². The van der Waals surface area contributed by atoms with Gasteiger partial charge in [0, 0.05) is 23.7 Å². The van der Waals surface area contributed by atoms with Gasteiger partial charge >= 0.3 is 0 Å². The molecule has 0 fully saturated rings. The number of nitrogens with two attached hydrogens (primary N) is 1. The van der Waals surface area contributed by atoms with Crippen molar-refractivity contribution in [3.05, 3.63) is 0 Å². The van der Waals surface area contributed by atoms with Crippen LogP contribution in [-0.4, -0.2) is 36.3 Å². The molecule has 0 aliphatic rings. The van der Waals surface area contributed by atoms with E-state index >= 15 is 0 Å². The van der Waals surface area contributed by atoms with E-state index in [1.807, 2.05) is 20.8 Å². The second-order valence-electron chi connectivity index (χ2n) is 3.79. The minimum Gasteiger partial charge on any atom is -0.595 e. The highest BCUT2D eigenvalue weighted by Gasteiger charge is 2.03. The van der Waals surface area contributed by atoms with E-state index in [-0.39, 0.29) is 0 Å².